The van der Waals surface area contributed by atoms with Gasteiger partial charge in [-0.1, -0.05) is 6.07 Å². The van der Waals surface area contributed by atoms with Crippen LogP contribution in [0.4, 0.5) is 11.6 Å². The van der Waals surface area contributed by atoms with E-state index >= 15 is 0 Å². The van der Waals surface area contributed by atoms with Crippen molar-refractivity contribution in [3.63, 3.8) is 0 Å². The van der Waals surface area contributed by atoms with Crippen LogP contribution in [0.3, 0.4) is 0 Å². The molecule has 8 heteroatoms. The maximum Gasteiger partial charge on any atom is 0.294 e. The topological polar surface area (TPSA) is 105 Å². The molecule has 2 rings (SSSR count). The molecule has 0 unspecified atom stereocenters. The summed E-state index contributed by atoms with van der Waals surface area (Å²) in [7, 11) is -4.23. The van der Waals surface area contributed by atoms with Crippen molar-refractivity contribution in [1.82, 2.24) is 15.0 Å². The molecule has 17 heavy (non-hydrogen) atoms. The van der Waals surface area contributed by atoms with Crippen LogP contribution in [-0.4, -0.2) is 27.9 Å². The maximum atomic E-state index is 10.9. The van der Waals surface area contributed by atoms with Crippen molar-refractivity contribution in [2.24, 2.45) is 0 Å². The summed E-state index contributed by atoms with van der Waals surface area (Å²) < 4.78 is 30.7. The number of hydrogen-bond donors (Lipinski definition) is 2. The SMILES string of the molecule is O=S(=O)(O)c1cccc(Nc2n[c]n[c]n2)c1. The van der Waals surface area contributed by atoms with Gasteiger partial charge in [0.05, 0.1) is 4.90 Å². The van der Waals surface area contributed by atoms with Crippen LogP contribution in [-0.2, 0) is 10.1 Å². The van der Waals surface area contributed by atoms with E-state index in [1.54, 1.807) is 6.07 Å². The normalized spacial score (nSPS) is 11.1. The first-order valence-electron chi connectivity index (χ1n) is 4.38. The second-order valence-corrected chi connectivity index (χ2v) is 4.41. The second-order valence-electron chi connectivity index (χ2n) is 2.99. The molecule has 2 aromatic rings. The Morgan fingerprint density at radius 3 is 2.59 bits per heavy atom. The van der Waals surface area contributed by atoms with Gasteiger partial charge in [0.25, 0.3) is 10.1 Å². The Morgan fingerprint density at radius 2 is 1.94 bits per heavy atom. The fraction of sp³-hybridized carbons (Fsp3) is 0. The quantitative estimate of drug-likeness (QED) is 0.762. The van der Waals surface area contributed by atoms with Crippen LogP contribution in [0.5, 0.6) is 0 Å². The van der Waals surface area contributed by atoms with Crippen molar-refractivity contribution in [3.8, 4) is 0 Å². The highest BCUT2D eigenvalue weighted by Gasteiger charge is 2.09. The van der Waals surface area contributed by atoms with E-state index in [4.69, 9.17) is 4.55 Å². The molecule has 0 fully saturated rings. The summed E-state index contributed by atoms with van der Waals surface area (Å²) in [6.07, 6.45) is 4.56. The van der Waals surface area contributed by atoms with Gasteiger partial charge in [-0.05, 0) is 18.2 Å². The third-order valence-electron chi connectivity index (χ3n) is 1.80. The van der Waals surface area contributed by atoms with E-state index in [0.29, 0.717) is 5.69 Å². The molecule has 2 radical (unpaired) electrons. The summed E-state index contributed by atoms with van der Waals surface area (Å²) >= 11 is 0. The number of rotatable bonds is 3. The van der Waals surface area contributed by atoms with Crippen LogP contribution >= 0.6 is 0 Å². The van der Waals surface area contributed by atoms with Crippen molar-refractivity contribution in [3.05, 3.63) is 36.9 Å². The van der Waals surface area contributed by atoms with E-state index in [1.807, 2.05) is 0 Å². The number of hydrogen-bond acceptors (Lipinski definition) is 6. The molecule has 0 atom stereocenters. The fourth-order valence-corrected chi connectivity index (χ4v) is 1.64. The van der Waals surface area contributed by atoms with Crippen LogP contribution in [0.15, 0.2) is 29.2 Å². The number of benzene rings is 1. The van der Waals surface area contributed by atoms with E-state index in [0.717, 1.165) is 0 Å². The van der Waals surface area contributed by atoms with E-state index in [1.165, 1.54) is 18.2 Å². The second kappa shape index (κ2) is 4.44. The largest absolute Gasteiger partial charge is 0.324 e. The predicted octanol–water partition coefficient (Wildman–Crippen LogP) is 0.462. The molecule has 86 valence electrons. The Morgan fingerprint density at radius 1 is 1.24 bits per heavy atom. The Balaban J connectivity index is 2.29. The molecule has 1 heterocycles. The Bertz CT molecular complexity index is 615. The first-order valence-corrected chi connectivity index (χ1v) is 5.82. The minimum absolute atomic E-state index is 0.174. The standard InChI is InChI=1S/C9H6N4O3S/c14-17(15,16)8-3-1-2-7(4-8)13-9-11-5-10-6-12-9/h1-4H,(H,14,15,16)(H,10,11,12,13). The zero-order valence-corrected chi connectivity index (χ0v) is 9.14. The predicted molar refractivity (Wildman–Crippen MR) is 57.0 cm³/mol. The van der Waals surface area contributed by atoms with Crippen LogP contribution in [0.25, 0.3) is 0 Å². The first kappa shape index (κ1) is 11.4. The van der Waals surface area contributed by atoms with Crippen molar-refractivity contribution in [2.75, 3.05) is 5.32 Å². The van der Waals surface area contributed by atoms with Crippen molar-refractivity contribution in [2.45, 2.75) is 4.90 Å². The molecule has 0 aliphatic carbocycles. The molecule has 0 bridgehead atoms. The average molecular weight is 250 g/mol. The molecule has 7 nitrogen and oxygen atoms in total. The molecule has 0 aliphatic heterocycles. The number of anilines is 2. The lowest BCUT2D eigenvalue weighted by Crippen LogP contribution is -2.01. The smallest absolute Gasteiger partial charge is 0.294 e. The molecule has 0 aliphatic rings. The van der Waals surface area contributed by atoms with E-state index in [-0.39, 0.29) is 10.8 Å². The molecular weight excluding hydrogens is 244 g/mol. The lowest BCUT2D eigenvalue weighted by Gasteiger charge is -2.04. The van der Waals surface area contributed by atoms with Gasteiger partial charge in [0, 0.05) is 5.69 Å². The van der Waals surface area contributed by atoms with Crippen LogP contribution < -0.4 is 5.32 Å². The van der Waals surface area contributed by atoms with Gasteiger partial charge in [0.15, 0.2) is 0 Å². The van der Waals surface area contributed by atoms with Gasteiger partial charge in [-0.15, -0.1) is 0 Å². The molecule has 0 saturated carbocycles. The van der Waals surface area contributed by atoms with Crippen LogP contribution in [0, 0.1) is 12.7 Å². The first-order chi connectivity index (χ1) is 8.05. The van der Waals surface area contributed by atoms with Gasteiger partial charge in [-0.2, -0.15) is 18.4 Å². The van der Waals surface area contributed by atoms with Crippen molar-refractivity contribution >= 4 is 21.8 Å². The molecule has 0 spiro atoms. The zero-order valence-electron chi connectivity index (χ0n) is 8.32. The fourth-order valence-electron chi connectivity index (χ4n) is 1.11. The summed E-state index contributed by atoms with van der Waals surface area (Å²) in [5.41, 5.74) is 0.410. The van der Waals surface area contributed by atoms with Crippen molar-refractivity contribution in [1.29, 1.82) is 0 Å². The summed E-state index contributed by atoms with van der Waals surface area (Å²) in [6.45, 7) is 0. The third kappa shape index (κ3) is 2.95. The number of nitrogens with zero attached hydrogens (tertiary/aromatic N) is 3. The average Bonchev–Trinajstić information content (AvgIpc) is 2.29. The van der Waals surface area contributed by atoms with E-state index in [2.05, 4.69) is 32.9 Å². The maximum absolute atomic E-state index is 10.9. The van der Waals surface area contributed by atoms with Crippen molar-refractivity contribution < 1.29 is 13.0 Å². The van der Waals surface area contributed by atoms with Gasteiger partial charge >= 0.3 is 0 Å². The van der Waals surface area contributed by atoms with Gasteiger partial charge in [-0.25, -0.2) is 4.98 Å². The van der Waals surface area contributed by atoms with Gasteiger partial charge in [-0.3, -0.25) is 4.55 Å². The molecule has 0 amide bonds. The molecule has 0 saturated heterocycles. The highest BCUT2D eigenvalue weighted by atomic mass is 32.2. The summed E-state index contributed by atoms with van der Waals surface area (Å²) in [5, 5.41) is 2.72. The molecule has 2 N–H and O–H groups in total. The minimum atomic E-state index is -4.23. The van der Waals surface area contributed by atoms with E-state index in [9.17, 15) is 8.42 Å². The molecule has 1 aromatic heterocycles. The monoisotopic (exact) mass is 250 g/mol. The van der Waals surface area contributed by atoms with Crippen LogP contribution in [0.2, 0.25) is 0 Å². The minimum Gasteiger partial charge on any atom is -0.324 e. The number of nitrogens with one attached hydrogen (secondary N) is 1. The lowest BCUT2D eigenvalue weighted by atomic mass is 10.3. The van der Waals surface area contributed by atoms with E-state index < -0.39 is 10.1 Å². The Hall–Kier alpha value is -2.06. The summed E-state index contributed by atoms with van der Waals surface area (Å²) in [6, 6.07) is 5.59. The van der Waals surface area contributed by atoms with Gasteiger partial charge in [0.1, 0.15) is 0 Å². The number of aromatic nitrogens is 3. The Kier molecular flexibility index (Phi) is 2.98. The third-order valence-corrected chi connectivity index (χ3v) is 2.65. The highest BCUT2D eigenvalue weighted by molar-refractivity contribution is 7.85. The Labute approximate surface area is 97.3 Å². The zero-order chi connectivity index (χ0) is 12.3. The van der Waals surface area contributed by atoms with Crippen LogP contribution in [0.1, 0.15) is 0 Å². The van der Waals surface area contributed by atoms with Gasteiger partial charge < -0.3 is 5.32 Å². The van der Waals surface area contributed by atoms with Gasteiger partial charge in [0.2, 0.25) is 18.6 Å². The molecule has 1 aromatic carbocycles. The summed E-state index contributed by atoms with van der Waals surface area (Å²) in [4.78, 5) is 10.5. The molecular formula is C9H6N4O3S. The lowest BCUT2D eigenvalue weighted by molar-refractivity contribution is 0.483. The summed E-state index contributed by atoms with van der Waals surface area (Å²) in [5.74, 6) is 0.174. The highest BCUT2D eigenvalue weighted by Crippen LogP contribution is 2.17.